The highest BCUT2D eigenvalue weighted by molar-refractivity contribution is 4.93. The largest absolute Gasteiger partial charge is 0.329 e. The van der Waals surface area contributed by atoms with Gasteiger partial charge in [0.1, 0.15) is 0 Å². The summed E-state index contributed by atoms with van der Waals surface area (Å²) in [6.07, 6.45) is 5.50. The van der Waals surface area contributed by atoms with E-state index in [1.807, 2.05) is 0 Å². The van der Waals surface area contributed by atoms with Crippen molar-refractivity contribution in [1.29, 1.82) is 0 Å². The molecule has 0 amide bonds. The van der Waals surface area contributed by atoms with E-state index >= 15 is 0 Å². The van der Waals surface area contributed by atoms with Gasteiger partial charge in [0.2, 0.25) is 0 Å². The molecule has 1 aliphatic carbocycles. The van der Waals surface area contributed by atoms with Crippen molar-refractivity contribution in [1.82, 2.24) is 9.80 Å². The van der Waals surface area contributed by atoms with Gasteiger partial charge in [-0.2, -0.15) is 0 Å². The molecule has 2 atom stereocenters. The molecule has 0 bridgehead atoms. The van der Waals surface area contributed by atoms with Crippen molar-refractivity contribution < 1.29 is 0 Å². The molecule has 1 saturated heterocycles. The third-order valence-electron chi connectivity index (χ3n) is 3.84. The molecule has 0 spiro atoms. The average Bonchev–Trinajstić information content (AvgIpc) is 3.02. The Morgan fingerprint density at radius 3 is 2.60 bits per heavy atom. The van der Waals surface area contributed by atoms with E-state index in [1.165, 1.54) is 38.8 Å². The lowest BCUT2D eigenvalue weighted by Crippen LogP contribution is -2.52. The Morgan fingerprint density at radius 1 is 1.33 bits per heavy atom. The minimum atomic E-state index is 0.564. The highest BCUT2D eigenvalue weighted by Gasteiger charge is 2.37. The second kappa shape index (κ2) is 4.81. The zero-order valence-corrected chi connectivity index (χ0v) is 10.2. The van der Waals surface area contributed by atoms with E-state index in [9.17, 15) is 0 Å². The Morgan fingerprint density at radius 2 is 2.07 bits per heavy atom. The average molecular weight is 211 g/mol. The predicted octanol–water partition coefficient (Wildman–Crippen LogP) is 0.892. The first-order valence-corrected chi connectivity index (χ1v) is 6.38. The molecule has 3 nitrogen and oxygen atoms in total. The van der Waals surface area contributed by atoms with Crippen LogP contribution in [0.25, 0.3) is 0 Å². The first-order valence-electron chi connectivity index (χ1n) is 6.38. The fourth-order valence-corrected chi connectivity index (χ4v) is 2.89. The summed E-state index contributed by atoms with van der Waals surface area (Å²) in [5.74, 6) is 0. The van der Waals surface area contributed by atoms with Gasteiger partial charge in [-0.25, -0.2) is 0 Å². The molecular weight excluding hydrogens is 186 g/mol. The first-order chi connectivity index (χ1) is 7.22. The quantitative estimate of drug-likeness (QED) is 0.749. The van der Waals surface area contributed by atoms with Gasteiger partial charge in [0, 0.05) is 31.2 Å². The smallest absolute Gasteiger partial charge is 0.0229 e. The summed E-state index contributed by atoms with van der Waals surface area (Å²) in [6.45, 7) is 5.59. The molecule has 2 fully saturated rings. The SMILES string of the molecule is CC(CN)N(C1CC1)C1CCCN(C)C1. The van der Waals surface area contributed by atoms with Crippen molar-refractivity contribution in [2.75, 3.05) is 26.7 Å². The number of piperidine rings is 1. The number of hydrogen-bond acceptors (Lipinski definition) is 3. The van der Waals surface area contributed by atoms with Gasteiger partial charge in [-0.3, -0.25) is 4.90 Å². The maximum atomic E-state index is 5.82. The Labute approximate surface area is 93.6 Å². The molecule has 0 aromatic rings. The molecule has 3 heteroatoms. The molecule has 15 heavy (non-hydrogen) atoms. The minimum Gasteiger partial charge on any atom is -0.329 e. The lowest BCUT2D eigenvalue weighted by Gasteiger charge is -2.41. The maximum Gasteiger partial charge on any atom is 0.0229 e. The number of hydrogen-bond donors (Lipinski definition) is 1. The van der Waals surface area contributed by atoms with Gasteiger partial charge in [0.25, 0.3) is 0 Å². The zero-order valence-electron chi connectivity index (χ0n) is 10.2. The normalized spacial score (nSPS) is 30.8. The van der Waals surface area contributed by atoms with E-state index in [1.54, 1.807) is 0 Å². The third-order valence-corrected chi connectivity index (χ3v) is 3.84. The molecule has 2 aliphatic rings. The van der Waals surface area contributed by atoms with Crippen LogP contribution in [0.1, 0.15) is 32.6 Å². The lowest BCUT2D eigenvalue weighted by atomic mass is 10.0. The summed E-state index contributed by atoms with van der Waals surface area (Å²) in [4.78, 5) is 5.17. The second-order valence-electron chi connectivity index (χ2n) is 5.32. The monoisotopic (exact) mass is 211 g/mol. The number of rotatable bonds is 4. The van der Waals surface area contributed by atoms with E-state index in [0.717, 1.165) is 18.6 Å². The van der Waals surface area contributed by atoms with Gasteiger partial charge in [0.05, 0.1) is 0 Å². The predicted molar refractivity (Wildman–Crippen MR) is 63.9 cm³/mol. The molecule has 88 valence electrons. The highest BCUT2D eigenvalue weighted by atomic mass is 15.3. The maximum absolute atomic E-state index is 5.82. The van der Waals surface area contributed by atoms with Crippen LogP contribution in [-0.4, -0.2) is 54.6 Å². The molecule has 1 heterocycles. The Bertz CT molecular complexity index is 203. The van der Waals surface area contributed by atoms with Crippen LogP contribution in [0.2, 0.25) is 0 Å². The Kier molecular flexibility index (Phi) is 3.65. The number of likely N-dealkylation sites (N-methyl/N-ethyl adjacent to an activating group) is 1. The van der Waals surface area contributed by atoms with Crippen molar-refractivity contribution in [3.63, 3.8) is 0 Å². The Hall–Kier alpha value is -0.120. The van der Waals surface area contributed by atoms with Crippen LogP contribution in [0.4, 0.5) is 0 Å². The summed E-state index contributed by atoms with van der Waals surface area (Å²) in [6, 6.07) is 2.17. The van der Waals surface area contributed by atoms with Crippen LogP contribution in [-0.2, 0) is 0 Å². The van der Waals surface area contributed by atoms with E-state index in [4.69, 9.17) is 5.73 Å². The van der Waals surface area contributed by atoms with E-state index in [2.05, 4.69) is 23.8 Å². The molecule has 0 aromatic carbocycles. The molecule has 2 N–H and O–H groups in total. The van der Waals surface area contributed by atoms with Crippen LogP contribution in [0.3, 0.4) is 0 Å². The number of nitrogens with zero attached hydrogens (tertiary/aromatic N) is 2. The zero-order chi connectivity index (χ0) is 10.8. The molecule has 0 radical (unpaired) electrons. The second-order valence-corrected chi connectivity index (χ2v) is 5.32. The van der Waals surface area contributed by atoms with Gasteiger partial charge >= 0.3 is 0 Å². The molecule has 0 aromatic heterocycles. The van der Waals surface area contributed by atoms with Crippen molar-refractivity contribution >= 4 is 0 Å². The van der Waals surface area contributed by atoms with E-state index in [-0.39, 0.29) is 0 Å². The highest BCUT2D eigenvalue weighted by Crippen LogP contribution is 2.32. The summed E-state index contributed by atoms with van der Waals surface area (Å²) < 4.78 is 0. The standard InChI is InChI=1S/C12H25N3/c1-10(8-13)15(11-5-6-11)12-4-3-7-14(2)9-12/h10-12H,3-9,13H2,1-2H3. The van der Waals surface area contributed by atoms with Crippen LogP contribution < -0.4 is 5.73 Å². The summed E-state index contributed by atoms with van der Waals surface area (Å²) in [7, 11) is 2.24. The van der Waals surface area contributed by atoms with Crippen molar-refractivity contribution in [2.45, 2.75) is 50.7 Å². The third kappa shape index (κ3) is 2.71. The lowest BCUT2D eigenvalue weighted by molar-refractivity contribution is 0.0757. The summed E-state index contributed by atoms with van der Waals surface area (Å²) in [5.41, 5.74) is 5.82. The minimum absolute atomic E-state index is 0.564. The Balaban J connectivity index is 1.96. The number of nitrogens with two attached hydrogens (primary N) is 1. The van der Waals surface area contributed by atoms with E-state index < -0.39 is 0 Å². The summed E-state index contributed by atoms with van der Waals surface area (Å²) >= 11 is 0. The van der Waals surface area contributed by atoms with Gasteiger partial charge in [-0.1, -0.05) is 0 Å². The topological polar surface area (TPSA) is 32.5 Å². The van der Waals surface area contributed by atoms with Gasteiger partial charge in [-0.05, 0) is 46.2 Å². The molecule has 1 aliphatic heterocycles. The van der Waals surface area contributed by atoms with Crippen molar-refractivity contribution in [3.8, 4) is 0 Å². The van der Waals surface area contributed by atoms with Crippen molar-refractivity contribution in [2.24, 2.45) is 5.73 Å². The number of likely N-dealkylation sites (tertiary alicyclic amines) is 1. The fourth-order valence-electron chi connectivity index (χ4n) is 2.89. The van der Waals surface area contributed by atoms with Gasteiger partial charge < -0.3 is 10.6 Å². The fraction of sp³-hybridized carbons (Fsp3) is 1.00. The van der Waals surface area contributed by atoms with Crippen LogP contribution >= 0.6 is 0 Å². The first kappa shape index (κ1) is 11.4. The molecule has 2 rings (SSSR count). The van der Waals surface area contributed by atoms with Gasteiger partial charge in [-0.15, -0.1) is 0 Å². The van der Waals surface area contributed by atoms with E-state index in [0.29, 0.717) is 6.04 Å². The molecular formula is C12H25N3. The molecule has 1 saturated carbocycles. The summed E-state index contributed by atoms with van der Waals surface area (Å²) in [5, 5.41) is 0. The van der Waals surface area contributed by atoms with Crippen LogP contribution in [0.5, 0.6) is 0 Å². The van der Waals surface area contributed by atoms with Gasteiger partial charge in [0.15, 0.2) is 0 Å². The van der Waals surface area contributed by atoms with Crippen LogP contribution in [0.15, 0.2) is 0 Å². The van der Waals surface area contributed by atoms with Crippen LogP contribution in [0, 0.1) is 0 Å². The molecule has 2 unspecified atom stereocenters. The van der Waals surface area contributed by atoms with Crippen molar-refractivity contribution in [3.05, 3.63) is 0 Å².